The van der Waals surface area contributed by atoms with E-state index in [4.69, 9.17) is 9.47 Å². The topological polar surface area (TPSA) is 52.6 Å². The average Bonchev–Trinajstić information content (AvgIpc) is 2.43. The third-order valence-corrected chi connectivity index (χ3v) is 4.30. The van der Waals surface area contributed by atoms with Crippen LogP contribution in [0.1, 0.15) is 60.8 Å². The van der Waals surface area contributed by atoms with Crippen molar-refractivity contribution in [3.8, 4) is 0 Å². The van der Waals surface area contributed by atoms with Crippen LogP contribution in [0.3, 0.4) is 0 Å². The molecule has 0 heterocycles. The quantitative estimate of drug-likeness (QED) is 0.354. The van der Waals surface area contributed by atoms with Gasteiger partial charge in [0, 0.05) is 18.1 Å². The number of carbonyl (C=O) groups is 2. The molecule has 0 bridgehead atoms. The molecule has 1 unspecified atom stereocenters. The molecule has 1 atom stereocenters. The lowest BCUT2D eigenvalue weighted by atomic mass is 9.69. The highest BCUT2D eigenvalue weighted by Gasteiger charge is 2.53. The molecule has 130 valence electrons. The van der Waals surface area contributed by atoms with Gasteiger partial charge >= 0.3 is 11.9 Å². The van der Waals surface area contributed by atoms with Crippen LogP contribution in [-0.4, -0.2) is 17.7 Å². The highest BCUT2D eigenvalue weighted by molar-refractivity contribution is 5.89. The van der Waals surface area contributed by atoms with Gasteiger partial charge in [-0.3, -0.25) is 0 Å². The number of hydrogen-bond donors (Lipinski definition) is 0. The third kappa shape index (κ3) is 5.22. The second-order valence-corrected chi connectivity index (χ2v) is 6.57. The molecule has 0 rings (SSSR count). The number of rotatable bonds is 9. The van der Waals surface area contributed by atoms with Crippen LogP contribution in [0.15, 0.2) is 24.3 Å². The maximum absolute atomic E-state index is 12.1. The van der Waals surface area contributed by atoms with E-state index in [1.54, 1.807) is 20.8 Å². The Morgan fingerprint density at radius 2 is 1.30 bits per heavy atom. The van der Waals surface area contributed by atoms with Gasteiger partial charge in [0.25, 0.3) is 5.79 Å². The molecule has 0 aromatic rings. The van der Waals surface area contributed by atoms with E-state index in [0.29, 0.717) is 6.42 Å². The van der Waals surface area contributed by atoms with Gasteiger partial charge in [0.1, 0.15) is 0 Å². The standard InChI is InChI=1S/C19H30O4/c1-10-11-12-18(8,15(6)7)19(9,22-16(20)13(2)3)23-17(21)14(4)5/h1-2,4,10-12H2,3,5-9H3. The van der Waals surface area contributed by atoms with Crippen molar-refractivity contribution in [1.82, 2.24) is 0 Å². The number of carbonyl (C=O) groups excluding carboxylic acids is 2. The molecule has 0 aliphatic rings. The first-order valence-electron chi connectivity index (χ1n) is 7.79. The maximum Gasteiger partial charge on any atom is 0.336 e. The van der Waals surface area contributed by atoms with Gasteiger partial charge in [-0.2, -0.15) is 0 Å². The van der Waals surface area contributed by atoms with E-state index in [0.717, 1.165) is 18.8 Å². The molecule has 0 aromatic carbocycles. The van der Waals surface area contributed by atoms with Gasteiger partial charge in [0.05, 0.1) is 5.41 Å². The zero-order chi connectivity index (χ0) is 18.4. The predicted octanol–water partition coefficient (Wildman–Crippen LogP) is 4.57. The number of esters is 2. The molecule has 0 N–H and O–H groups in total. The van der Waals surface area contributed by atoms with E-state index in [9.17, 15) is 9.59 Å². The van der Waals surface area contributed by atoms with Crippen LogP contribution in [0.2, 0.25) is 0 Å². The molecule has 2 radical (unpaired) electrons. The second-order valence-electron chi connectivity index (χ2n) is 6.57. The van der Waals surface area contributed by atoms with Gasteiger partial charge < -0.3 is 9.47 Å². The molecule has 0 aliphatic heterocycles. The Labute approximate surface area is 140 Å². The first kappa shape index (κ1) is 21.4. The minimum atomic E-state index is -1.45. The van der Waals surface area contributed by atoms with Crippen LogP contribution in [0.5, 0.6) is 0 Å². The summed E-state index contributed by atoms with van der Waals surface area (Å²) in [6.45, 7) is 21.6. The van der Waals surface area contributed by atoms with Crippen molar-refractivity contribution in [3.05, 3.63) is 37.1 Å². The highest BCUT2D eigenvalue weighted by atomic mass is 16.7. The zero-order valence-electron chi connectivity index (χ0n) is 15.4. The summed E-state index contributed by atoms with van der Waals surface area (Å²) in [5, 5.41) is 0. The molecule has 0 spiro atoms. The van der Waals surface area contributed by atoms with Crippen LogP contribution < -0.4 is 0 Å². The third-order valence-electron chi connectivity index (χ3n) is 4.30. The van der Waals surface area contributed by atoms with Crippen LogP contribution >= 0.6 is 0 Å². The average molecular weight is 322 g/mol. The Morgan fingerprint density at radius 3 is 1.57 bits per heavy atom. The lowest BCUT2D eigenvalue weighted by molar-refractivity contribution is -0.256. The zero-order valence-corrected chi connectivity index (χ0v) is 15.4. The lowest BCUT2D eigenvalue weighted by Gasteiger charge is -2.47. The summed E-state index contributed by atoms with van der Waals surface area (Å²) in [7, 11) is 0. The molecule has 0 saturated carbocycles. The second kappa shape index (κ2) is 8.32. The minimum absolute atomic E-state index is 0.246. The molecule has 4 nitrogen and oxygen atoms in total. The minimum Gasteiger partial charge on any atom is -0.419 e. The fourth-order valence-corrected chi connectivity index (χ4v) is 2.18. The van der Waals surface area contributed by atoms with Gasteiger partial charge in [-0.1, -0.05) is 53.7 Å². The maximum atomic E-state index is 12.1. The van der Waals surface area contributed by atoms with E-state index >= 15 is 0 Å². The highest BCUT2D eigenvalue weighted by Crippen LogP contribution is 2.47. The van der Waals surface area contributed by atoms with Crippen molar-refractivity contribution < 1.29 is 19.1 Å². The Bertz CT molecular complexity index is 448. The van der Waals surface area contributed by atoms with Crippen molar-refractivity contribution in [2.45, 2.75) is 66.6 Å². The van der Waals surface area contributed by atoms with Crippen LogP contribution in [0, 0.1) is 18.3 Å². The Morgan fingerprint density at radius 1 is 0.913 bits per heavy atom. The Hall–Kier alpha value is -1.58. The summed E-state index contributed by atoms with van der Waals surface area (Å²) < 4.78 is 11.2. The molecule has 0 aromatic heterocycles. The molecule has 4 heteroatoms. The van der Waals surface area contributed by atoms with Crippen molar-refractivity contribution in [1.29, 1.82) is 0 Å². The van der Waals surface area contributed by atoms with Crippen LogP contribution in [0.4, 0.5) is 0 Å². The first-order valence-corrected chi connectivity index (χ1v) is 7.79. The van der Waals surface area contributed by atoms with Crippen molar-refractivity contribution in [2.24, 2.45) is 5.41 Å². The summed E-state index contributed by atoms with van der Waals surface area (Å²) in [6, 6.07) is 0. The largest absolute Gasteiger partial charge is 0.419 e. The molecule has 0 aliphatic carbocycles. The fourth-order valence-electron chi connectivity index (χ4n) is 2.18. The van der Waals surface area contributed by atoms with Gasteiger partial charge in [-0.25, -0.2) is 9.59 Å². The summed E-state index contributed by atoms with van der Waals surface area (Å²) in [5.41, 5.74) is -0.160. The summed E-state index contributed by atoms with van der Waals surface area (Å²) in [5.74, 6) is -1.64. The molecular weight excluding hydrogens is 292 g/mol. The Balaban J connectivity index is 5.85. The van der Waals surface area contributed by atoms with Gasteiger partial charge in [-0.15, -0.1) is 0 Å². The van der Waals surface area contributed by atoms with E-state index in [1.165, 1.54) is 0 Å². The van der Waals surface area contributed by atoms with E-state index in [2.05, 4.69) is 20.1 Å². The smallest absolute Gasteiger partial charge is 0.336 e. The van der Waals surface area contributed by atoms with Gasteiger partial charge in [0.15, 0.2) is 0 Å². The Kier molecular flexibility index (Phi) is 7.75. The fraction of sp³-hybridized carbons (Fsp3) is 0.579. The van der Waals surface area contributed by atoms with Gasteiger partial charge in [0.2, 0.25) is 0 Å². The predicted molar refractivity (Wildman–Crippen MR) is 92.1 cm³/mol. The summed E-state index contributed by atoms with van der Waals surface area (Å²) in [4.78, 5) is 24.2. The van der Waals surface area contributed by atoms with E-state index < -0.39 is 23.1 Å². The molecule has 0 fully saturated rings. The summed E-state index contributed by atoms with van der Waals surface area (Å²) >= 11 is 0. The van der Waals surface area contributed by atoms with Crippen molar-refractivity contribution >= 4 is 11.9 Å². The molecule has 0 saturated heterocycles. The normalized spacial score (nSPS) is 14.1. The van der Waals surface area contributed by atoms with E-state index in [1.807, 2.05) is 20.8 Å². The number of hydrogen-bond acceptors (Lipinski definition) is 4. The van der Waals surface area contributed by atoms with Crippen LogP contribution in [0.25, 0.3) is 0 Å². The number of unbranched alkanes of at least 4 members (excludes halogenated alkanes) is 1. The number of ether oxygens (including phenoxy) is 2. The molecule has 23 heavy (non-hydrogen) atoms. The lowest BCUT2D eigenvalue weighted by Crippen LogP contribution is -2.53. The molecular formula is C19H30O4. The summed E-state index contributed by atoms with van der Waals surface area (Å²) in [6.07, 6.45) is 2.22. The molecule has 0 amide bonds. The van der Waals surface area contributed by atoms with Crippen molar-refractivity contribution in [2.75, 3.05) is 0 Å². The van der Waals surface area contributed by atoms with Crippen molar-refractivity contribution in [3.63, 3.8) is 0 Å². The van der Waals surface area contributed by atoms with Crippen LogP contribution in [-0.2, 0) is 19.1 Å². The first-order chi connectivity index (χ1) is 10.4. The van der Waals surface area contributed by atoms with Gasteiger partial charge in [-0.05, 0) is 26.2 Å². The SMILES string of the molecule is [CH2]CCCC(C)([C](C)C)C(C)(OC(=O)C(=C)C)OC(=O)C(=C)C. The van der Waals surface area contributed by atoms with E-state index in [-0.39, 0.29) is 11.1 Å². The monoisotopic (exact) mass is 322 g/mol.